The summed E-state index contributed by atoms with van der Waals surface area (Å²) in [4.78, 5) is 0. The normalized spacial score (nSPS) is 34.2. The van der Waals surface area contributed by atoms with Gasteiger partial charge in [0.15, 0.2) is 0 Å². The molecule has 0 heterocycles. The van der Waals surface area contributed by atoms with Crippen molar-refractivity contribution in [2.45, 2.75) is 77.3 Å². The number of nitrogens with one attached hydrogen (secondary N) is 1. The highest BCUT2D eigenvalue weighted by Gasteiger charge is 2.24. The second kappa shape index (κ2) is 6.58. The van der Waals surface area contributed by atoms with Crippen LogP contribution in [0.15, 0.2) is 12.2 Å². The second-order valence-electron chi connectivity index (χ2n) is 6.51. The van der Waals surface area contributed by atoms with Gasteiger partial charge in [0.05, 0.1) is 0 Å². The van der Waals surface area contributed by atoms with Crippen LogP contribution >= 0.6 is 0 Å². The van der Waals surface area contributed by atoms with Crippen LogP contribution in [0.25, 0.3) is 0 Å². The lowest BCUT2D eigenvalue weighted by Crippen LogP contribution is -2.41. The van der Waals surface area contributed by atoms with Gasteiger partial charge in [0.2, 0.25) is 0 Å². The van der Waals surface area contributed by atoms with Crippen molar-refractivity contribution in [2.75, 3.05) is 0 Å². The van der Waals surface area contributed by atoms with Crippen LogP contribution in [0.1, 0.15) is 65.2 Å². The van der Waals surface area contributed by atoms with Crippen molar-refractivity contribution in [1.82, 2.24) is 5.32 Å². The first-order valence-corrected chi connectivity index (χ1v) is 7.65. The molecular weight excluding hydrogens is 206 g/mol. The molecule has 1 fully saturated rings. The topological polar surface area (TPSA) is 12.0 Å². The van der Waals surface area contributed by atoms with E-state index in [0.717, 1.165) is 23.9 Å². The van der Waals surface area contributed by atoms with Crippen LogP contribution < -0.4 is 5.32 Å². The molecule has 3 atom stereocenters. The third-order valence-corrected chi connectivity index (χ3v) is 4.33. The summed E-state index contributed by atoms with van der Waals surface area (Å²) in [5.74, 6) is 1.86. The van der Waals surface area contributed by atoms with Crippen molar-refractivity contribution in [3.8, 4) is 0 Å². The average Bonchev–Trinajstić information content (AvgIpc) is 2.30. The van der Waals surface area contributed by atoms with Crippen LogP contribution in [0, 0.1) is 11.8 Å². The minimum Gasteiger partial charge on any atom is -0.311 e. The lowest BCUT2D eigenvalue weighted by Gasteiger charge is -2.34. The Balaban J connectivity index is 1.74. The Bertz CT molecular complexity index is 244. The largest absolute Gasteiger partial charge is 0.311 e. The molecule has 1 N–H and O–H groups in total. The summed E-state index contributed by atoms with van der Waals surface area (Å²) >= 11 is 0. The molecule has 2 aliphatic carbocycles. The first-order chi connectivity index (χ1) is 8.24. The summed E-state index contributed by atoms with van der Waals surface area (Å²) in [7, 11) is 0. The molecule has 0 bridgehead atoms. The van der Waals surface area contributed by atoms with Crippen molar-refractivity contribution in [3.63, 3.8) is 0 Å². The van der Waals surface area contributed by atoms with E-state index < -0.39 is 0 Å². The fourth-order valence-electron chi connectivity index (χ4n) is 3.60. The molecule has 1 saturated carbocycles. The molecule has 1 heteroatoms. The number of hydrogen-bond acceptors (Lipinski definition) is 1. The fraction of sp³-hybridized carbons (Fsp3) is 0.875. The quantitative estimate of drug-likeness (QED) is 0.717. The van der Waals surface area contributed by atoms with Crippen LogP contribution in [0.4, 0.5) is 0 Å². The maximum Gasteiger partial charge on any atom is 0.0107 e. The van der Waals surface area contributed by atoms with E-state index in [1.165, 1.54) is 51.4 Å². The lowest BCUT2D eigenvalue weighted by molar-refractivity contribution is 0.236. The van der Waals surface area contributed by atoms with Gasteiger partial charge in [0, 0.05) is 12.1 Å². The molecule has 0 aromatic heterocycles. The Morgan fingerprint density at radius 1 is 1.12 bits per heavy atom. The molecule has 0 spiro atoms. The lowest BCUT2D eigenvalue weighted by atomic mass is 9.80. The van der Waals surface area contributed by atoms with Gasteiger partial charge in [-0.2, -0.15) is 0 Å². The Morgan fingerprint density at radius 2 is 2.00 bits per heavy atom. The molecule has 0 saturated heterocycles. The van der Waals surface area contributed by atoms with E-state index in [-0.39, 0.29) is 0 Å². The molecular formula is C16H29N. The average molecular weight is 235 g/mol. The smallest absolute Gasteiger partial charge is 0.0107 e. The molecule has 0 aromatic rings. The molecule has 1 nitrogen and oxygen atoms in total. The van der Waals surface area contributed by atoms with Gasteiger partial charge < -0.3 is 5.32 Å². The molecule has 0 radical (unpaired) electrons. The summed E-state index contributed by atoms with van der Waals surface area (Å²) in [5, 5.41) is 3.91. The van der Waals surface area contributed by atoms with Gasteiger partial charge in [-0.05, 0) is 50.4 Å². The number of hydrogen-bond donors (Lipinski definition) is 1. The van der Waals surface area contributed by atoms with Crippen molar-refractivity contribution in [1.29, 1.82) is 0 Å². The van der Waals surface area contributed by atoms with Crippen LogP contribution in [-0.4, -0.2) is 12.1 Å². The van der Waals surface area contributed by atoms with Crippen molar-refractivity contribution in [2.24, 2.45) is 11.8 Å². The Hall–Kier alpha value is -0.300. The van der Waals surface area contributed by atoms with E-state index >= 15 is 0 Å². The molecule has 3 unspecified atom stereocenters. The maximum absolute atomic E-state index is 3.91. The minimum absolute atomic E-state index is 0.766. The molecule has 0 aliphatic heterocycles. The van der Waals surface area contributed by atoms with E-state index in [2.05, 4.69) is 31.3 Å². The van der Waals surface area contributed by atoms with E-state index in [4.69, 9.17) is 0 Å². The molecule has 0 aromatic carbocycles. The van der Waals surface area contributed by atoms with E-state index in [9.17, 15) is 0 Å². The molecule has 2 aliphatic rings. The van der Waals surface area contributed by atoms with E-state index in [1.54, 1.807) is 0 Å². The highest BCUT2D eigenvalue weighted by molar-refractivity contribution is 4.94. The molecule has 98 valence electrons. The van der Waals surface area contributed by atoms with Gasteiger partial charge in [-0.15, -0.1) is 0 Å². The predicted octanol–water partition coefficient (Wildman–Crippen LogP) is 4.29. The monoisotopic (exact) mass is 235 g/mol. The molecule has 17 heavy (non-hydrogen) atoms. The highest BCUT2D eigenvalue weighted by Crippen LogP contribution is 2.30. The van der Waals surface area contributed by atoms with Gasteiger partial charge in [-0.1, -0.05) is 38.8 Å². The fourth-order valence-corrected chi connectivity index (χ4v) is 3.60. The zero-order valence-corrected chi connectivity index (χ0v) is 11.6. The van der Waals surface area contributed by atoms with Crippen LogP contribution in [0.2, 0.25) is 0 Å². The standard InChI is InChI=1S/C16H29N/c1-13(2)11-14-7-6-10-16(12-14)17-15-8-4-3-5-9-15/h3-4,13-17H,5-12H2,1-2H3. The first kappa shape index (κ1) is 13.1. The molecule has 2 rings (SSSR count). The summed E-state index contributed by atoms with van der Waals surface area (Å²) in [6, 6.07) is 1.58. The third-order valence-electron chi connectivity index (χ3n) is 4.33. The highest BCUT2D eigenvalue weighted by atomic mass is 14.9. The summed E-state index contributed by atoms with van der Waals surface area (Å²) in [6.45, 7) is 4.73. The Morgan fingerprint density at radius 3 is 2.71 bits per heavy atom. The van der Waals surface area contributed by atoms with Gasteiger partial charge in [-0.3, -0.25) is 0 Å². The van der Waals surface area contributed by atoms with Crippen LogP contribution in [0.5, 0.6) is 0 Å². The second-order valence-corrected chi connectivity index (χ2v) is 6.51. The third kappa shape index (κ3) is 4.46. The Kier molecular flexibility index (Phi) is 5.09. The van der Waals surface area contributed by atoms with Gasteiger partial charge >= 0.3 is 0 Å². The van der Waals surface area contributed by atoms with E-state index in [0.29, 0.717) is 0 Å². The predicted molar refractivity (Wildman–Crippen MR) is 75.1 cm³/mol. The maximum atomic E-state index is 3.91. The van der Waals surface area contributed by atoms with Crippen molar-refractivity contribution >= 4 is 0 Å². The van der Waals surface area contributed by atoms with Gasteiger partial charge in [0.1, 0.15) is 0 Å². The minimum atomic E-state index is 0.766. The van der Waals surface area contributed by atoms with Crippen LogP contribution in [-0.2, 0) is 0 Å². The SMILES string of the molecule is CC(C)CC1CCCC(NC2CC=CCC2)C1. The Labute approximate surface area is 107 Å². The summed E-state index contributed by atoms with van der Waals surface area (Å²) in [5.41, 5.74) is 0. The van der Waals surface area contributed by atoms with Crippen molar-refractivity contribution < 1.29 is 0 Å². The number of allylic oxidation sites excluding steroid dienone is 1. The molecule has 0 amide bonds. The first-order valence-electron chi connectivity index (χ1n) is 7.65. The van der Waals surface area contributed by atoms with E-state index in [1.807, 2.05) is 0 Å². The van der Waals surface area contributed by atoms with Gasteiger partial charge in [0.25, 0.3) is 0 Å². The number of rotatable bonds is 4. The van der Waals surface area contributed by atoms with Crippen molar-refractivity contribution in [3.05, 3.63) is 12.2 Å². The van der Waals surface area contributed by atoms with Gasteiger partial charge in [-0.25, -0.2) is 0 Å². The zero-order chi connectivity index (χ0) is 12.1. The zero-order valence-electron chi connectivity index (χ0n) is 11.6. The van der Waals surface area contributed by atoms with Crippen LogP contribution in [0.3, 0.4) is 0 Å². The summed E-state index contributed by atoms with van der Waals surface area (Å²) < 4.78 is 0. The summed E-state index contributed by atoms with van der Waals surface area (Å²) in [6.07, 6.45) is 15.8.